The highest BCUT2D eigenvalue weighted by molar-refractivity contribution is 7.90. The Balaban J connectivity index is 1.74. The van der Waals surface area contributed by atoms with Gasteiger partial charge in [-0.05, 0) is 36.4 Å². The smallest absolute Gasteiger partial charge is 0.277 e. The number of pyridine rings is 1. The van der Waals surface area contributed by atoms with Crippen LogP contribution in [0.25, 0.3) is 16.9 Å². The fourth-order valence-electron chi connectivity index (χ4n) is 2.69. The minimum atomic E-state index is -3.34. The van der Waals surface area contributed by atoms with Crippen molar-refractivity contribution >= 4 is 27.2 Å². The first kappa shape index (κ1) is 17.8. The first-order valence-corrected chi connectivity index (χ1v) is 10.2. The molecule has 0 fully saturated rings. The molecule has 3 aromatic heterocycles. The number of benzene rings is 1. The van der Waals surface area contributed by atoms with Gasteiger partial charge in [-0.2, -0.15) is 5.10 Å². The van der Waals surface area contributed by atoms with Gasteiger partial charge in [-0.15, -0.1) is 0 Å². The molecule has 0 unspecified atom stereocenters. The summed E-state index contributed by atoms with van der Waals surface area (Å²) >= 11 is 0. The molecule has 0 atom stereocenters. The van der Waals surface area contributed by atoms with Gasteiger partial charge >= 0.3 is 0 Å². The van der Waals surface area contributed by atoms with Crippen LogP contribution in [0.5, 0.6) is 0 Å². The number of fused-ring (bicyclic) bond motifs is 1. The molecule has 0 radical (unpaired) electrons. The highest BCUT2D eigenvalue weighted by Gasteiger charge is 2.15. The van der Waals surface area contributed by atoms with Crippen LogP contribution >= 0.6 is 0 Å². The van der Waals surface area contributed by atoms with E-state index in [9.17, 15) is 13.2 Å². The summed E-state index contributed by atoms with van der Waals surface area (Å²) in [5.74, 6) is 0.0141. The Hall–Kier alpha value is -3.59. The number of anilines is 1. The second-order valence-electron chi connectivity index (χ2n) is 6.10. The minimum Gasteiger partial charge on any atom is -0.305 e. The molecule has 3 heterocycles. The molecule has 0 aliphatic rings. The van der Waals surface area contributed by atoms with Gasteiger partial charge < -0.3 is 5.32 Å². The van der Waals surface area contributed by atoms with Crippen molar-refractivity contribution in [3.63, 3.8) is 0 Å². The van der Waals surface area contributed by atoms with E-state index in [2.05, 4.69) is 20.4 Å². The van der Waals surface area contributed by atoms with Crippen LogP contribution in [0, 0.1) is 0 Å². The molecule has 0 bridgehead atoms. The van der Waals surface area contributed by atoms with Crippen LogP contribution in [-0.2, 0) is 9.84 Å². The van der Waals surface area contributed by atoms with E-state index in [0.717, 1.165) is 6.26 Å². The van der Waals surface area contributed by atoms with Crippen molar-refractivity contribution in [3.8, 4) is 11.3 Å². The maximum Gasteiger partial charge on any atom is 0.277 e. The fourth-order valence-corrected chi connectivity index (χ4v) is 3.35. The molecule has 140 valence electrons. The van der Waals surface area contributed by atoms with Crippen LogP contribution in [0.1, 0.15) is 10.5 Å². The van der Waals surface area contributed by atoms with E-state index in [0.29, 0.717) is 22.7 Å². The Morgan fingerprint density at radius 3 is 2.64 bits per heavy atom. The second-order valence-corrected chi connectivity index (χ2v) is 8.12. The standard InChI is InChI=1S/C19H15N5O3S/c1-28(26,27)14-6-4-5-13(11-14)15-8-9-18-21-12-16(24(18)23-15)19(25)22-17-7-2-3-10-20-17/h2-12H,1H3,(H,20,22,25). The maximum absolute atomic E-state index is 12.6. The van der Waals surface area contributed by atoms with Gasteiger partial charge in [0.1, 0.15) is 5.82 Å². The summed E-state index contributed by atoms with van der Waals surface area (Å²) in [4.78, 5) is 21.1. The summed E-state index contributed by atoms with van der Waals surface area (Å²) in [5, 5.41) is 7.16. The number of hydrogen-bond donors (Lipinski definition) is 1. The van der Waals surface area contributed by atoms with Crippen LogP contribution in [0.4, 0.5) is 5.82 Å². The number of sulfone groups is 1. The average molecular weight is 393 g/mol. The normalized spacial score (nSPS) is 11.5. The molecule has 1 aromatic carbocycles. The third kappa shape index (κ3) is 3.47. The summed E-state index contributed by atoms with van der Waals surface area (Å²) in [6, 6.07) is 15.1. The molecule has 0 saturated carbocycles. The number of carbonyl (C=O) groups excluding carboxylic acids is 1. The molecule has 1 N–H and O–H groups in total. The van der Waals surface area contributed by atoms with E-state index in [1.807, 2.05) is 0 Å². The van der Waals surface area contributed by atoms with Crippen LogP contribution in [0.2, 0.25) is 0 Å². The maximum atomic E-state index is 12.6. The van der Waals surface area contributed by atoms with E-state index in [4.69, 9.17) is 0 Å². The summed E-state index contributed by atoms with van der Waals surface area (Å²) < 4.78 is 25.0. The lowest BCUT2D eigenvalue weighted by atomic mass is 10.1. The van der Waals surface area contributed by atoms with Crippen molar-refractivity contribution in [3.05, 3.63) is 72.7 Å². The van der Waals surface area contributed by atoms with E-state index < -0.39 is 15.7 Å². The lowest BCUT2D eigenvalue weighted by Gasteiger charge is -2.06. The molecule has 0 saturated heterocycles. The lowest BCUT2D eigenvalue weighted by molar-refractivity contribution is 0.102. The number of nitrogens with one attached hydrogen (secondary N) is 1. The summed E-state index contributed by atoms with van der Waals surface area (Å²) in [6.07, 6.45) is 4.16. The van der Waals surface area contributed by atoms with Gasteiger partial charge in [-0.1, -0.05) is 18.2 Å². The van der Waals surface area contributed by atoms with Crippen molar-refractivity contribution in [1.29, 1.82) is 0 Å². The average Bonchev–Trinajstić information content (AvgIpc) is 3.11. The zero-order valence-electron chi connectivity index (χ0n) is 14.8. The van der Waals surface area contributed by atoms with E-state index in [-0.39, 0.29) is 10.6 Å². The van der Waals surface area contributed by atoms with Gasteiger partial charge in [0, 0.05) is 18.0 Å². The molecule has 0 aliphatic carbocycles. The van der Waals surface area contributed by atoms with Crippen LogP contribution in [-0.4, -0.2) is 40.2 Å². The number of carbonyl (C=O) groups is 1. The zero-order valence-corrected chi connectivity index (χ0v) is 15.6. The molecule has 9 heteroatoms. The summed E-state index contributed by atoms with van der Waals surface area (Å²) in [5.41, 5.74) is 1.87. The summed E-state index contributed by atoms with van der Waals surface area (Å²) in [6.45, 7) is 0. The van der Waals surface area contributed by atoms with E-state index in [1.54, 1.807) is 54.7 Å². The van der Waals surface area contributed by atoms with E-state index in [1.165, 1.54) is 16.8 Å². The molecular formula is C19H15N5O3S. The Morgan fingerprint density at radius 1 is 1.04 bits per heavy atom. The van der Waals surface area contributed by atoms with Gasteiger partial charge in [0.25, 0.3) is 5.91 Å². The molecule has 1 amide bonds. The van der Waals surface area contributed by atoms with Crippen molar-refractivity contribution in [1.82, 2.24) is 19.6 Å². The predicted molar refractivity (Wildman–Crippen MR) is 104 cm³/mol. The molecule has 4 rings (SSSR count). The molecule has 0 spiro atoms. The zero-order chi connectivity index (χ0) is 19.7. The Kier molecular flexibility index (Phi) is 4.36. The minimum absolute atomic E-state index is 0.200. The van der Waals surface area contributed by atoms with Crippen LogP contribution < -0.4 is 5.32 Å². The Labute approximate surface area is 160 Å². The highest BCUT2D eigenvalue weighted by Crippen LogP contribution is 2.21. The van der Waals surface area contributed by atoms with Crippen molar-refractivity contribution in [2.24, 2.45) is 0 Å². The molecular weight excluding hydrogens is 378 g/mol. The summed E-state index contributed by atoms with van der Waals surface area (Å²) in [7, 11) is -3.34. The monoisotopic (exact) mass is 393 g/mol. The highest BCUT2D eigenvalue weighted by atomic mass is 32.2. The quantitative estimate of drug-likeness (QED) is 0.571. The molecule has 8 nitrogen and oxygen atoms in total. The Bertz CT molecular complexity index is 1280. The topological polar surface area (TPSA) is 106 Å². The first-order chi connectivity index (χ1) is 13.4. The Morgan fingerprint density at radius 2 is 1.89 bits per heavy atom. The number of rotatable bonds is 4. The number of amides is 1. The first-order valence-electron chi connectivity index (χ1n) is 8.29. The van der Waals surface area contributed by atoms with Gasteiger partial charge in [0.15, 0.2) is 21.2 Å². The largest absolute Gasteiger partial charge is 0.305 e. The number of imidazole rings is 1. The van der Waals surface area contributed by atoms with Crippen LogP contribution in [0.15, 0.2) is 71.9 Å². The number of nitrogens with zero attached hydrogens (tertiary/aromatic N) is 4. The molecule has 0 aliphatic heterocycles. The fraction of sp³-hybridized carbons (Fsp3) is 0.0526. The van der Waals surface area contributed by atoms with Crippen molar-refractivity contribution in [2.75, 3.05) is 11.6 Å². The van der Waals surface area contributed by atoms with Gasteiger partial charge in [0.05, 0.1) is 16.8 Å². The van der Waals surface area contributed by atoms with Gasteiger partial charge in [0.2, 0.25) is 0 Å². The third-order valence-electron chi connectivity index (χ3n) is 4.06. The van der Waals surface area contributed by atoms with Gasteiger partial charge in [-0.25, -0.2) is 22.9 Å². The van der Waals surface area contributed by atoms with E-state index >= 15 is 0 Å². The second kappa shape index (κ2) is 6.86. The van der Waals surface area contributed by atoms with Crippen LogP contribution in [0.3, 0.4) is 0 Å². The molecule has 4 aromatic rings. The van der Waals surface area contributed by atoms with Crippen molar-refractivity contribution in [2.45, 2.75) is 4.90 Å². The number of hydrogen-bond acceptors (Lipinski definition) is 6. The number of aromatic nitrogens is 4. The van der Waals surface area contributed by atoms with Crippen molar-refractivity contribution < 1.29 is 13.2 Å². The molecule has 28 heavy (non-hydrogen) atoms. The third-order valence-corrected chi connectivity index (χ3v) is 5.17. The predicted octanol–water partition coefficient (Wildman–Crippen LogP) is 2.45. The lowest BCUT2D eigenvalue weighted by Crippen LogP contribution is -2.16. The van der Waals surface area contributed by atoms with Gasteiger partial charge in [-0.3, -0.25) is 4.79 Å². The SMILES string of the molecule is CS(=O)(=O)c1cccc(-c2ccc3ncc(C(=O)Nc4ccccn4)n3n2)c1.